The lowest BCUT2D eigenvalue weighted by molar-refractivity contribution is -0.128. The highest BCUT2D eigenvalue weighted by Crippen LogP contribution is 2.30. The quantitative estimate of drug-likeness (QED) is 0.656. The molecular weight excluding hydrogens is 350 g/mol. The highest BCUT2D eigenvalue weighted by Gasteiger charge is 2.20. The number of hydrogen-bond acceptors (Lipinski definition) is 3. The summed E-state index contributed by atoms with van der Waals surface area (Å²) in [6.45, 7) is 13.3. The maximum absolute atomic E-state index is 12.5. The minimum absolute atomic E-state index is 0.00661. The first-order valence-corrected chi connectivity index (χ1v) is 9.97. The van der Waals surface area contributed by atoms with Crippen molar-refractivity contribution in [3.8, 4) is 11.5 Å². The van der Waals surface area contributed by atoms with Crippen LogP contribution < -0.4 is 14.8 Å². The van der Waals surface area contributed by atoms with Gasteiger partial charge in [-0.2, -0.15) is 0 Å². The lowest BCUT2D eigenvalue weighted by Crippen LogP contribution is -2.40. The second-order valence-corrected chi connectivity index (χ2v) is 8.10. The summed E-state index contributed by atoms with van der Waals surface area (Å²) in [5, 5.41) is 2.93. The molecule has 4 heteroatoms. The van der Waals surface area contributed by atoms with Crippen LogP contribution in [0.2, 0.25) is 0 Å². The van der Waals surface area contributed by atoms with Gasteiger partial charge >= 0.3 is 0 Å². The summed E-state index contributed by atoms with van der Waals surface area (Å²) < 4.78 is 11.9. The van der Waals surface area contributed by atoms with Crippen LogP contribution in [0.1, 0.15) is 50.8 Å². The standard InChI is InChI=1S/C24H33NO3/c1-7-20(28-21-14-10-11-17(2)18(21)3)23(26)25-15-16-27-22-13-9-8-12-19(22)24(4,5)6/h8-14,20H,7,15-16H2,1-6H3,(H,25,26)/t20-/m1/s1. The van der Waals surface area contributed by atoms with Gasteiger partial charge in [-0.05, 0) is 54.5 Å². The molecule has 0 radical (unpaired) electrons. The van der Waals surface area contributed by atoms with E-state index in [0.29, 0.717) is 19.6 Å². The fraction of sp³-hybridized carbons (Fsp3) is 0.458. The molecule has 1 atom stereocenters. The monoisotopic (exact) mass is 383 g/mol. The number of amides is 1. The van der Waals surface area contributed by atoms with Crippen molar-refractivity contribution in [1.82, 2.24) is 5.32 Å². The van der Waals surface area contributed by atoms with Gasteiger partial charge in [-0.1, -0.05) is 58.0 Å². The molecule has 0 heterocycles. The maximum atomic E-state index is 12.5. The Morgan fingerprint density at radius 3 is 2.39 bits per heavy atom. The van der Waals surface area contributed by atoms with Crippen molar-refractivity contribution in [1.29, 1.82) is 0 Å². The minimum atomic E-state index is -0.512. The number of benzene rings is 2. The number of ether oxygens (including phenoxy) is 2. The molecule has 2 aromatic carbocycles. The Labute approximate surface area is 169 Å². The van der Waals surface area contributed by atoms with Crippen molar-refractivity contribution in [2.24, 2.45) is 0 Å². The third kappa shape index (κ3) is 5.75. The van der Waals surface area contributed by atoms with Gasteiger partial charge in [0.05, 0.1) is 6.54 Å². The van der Waals surface area contributed by atoms with Gasteiger partial charge in [0.15, 0.2) is 6.10 Å². The first kappa shape index (κ1) is 21.8. The molecular formula is C24H33NO3. The highest BCUT2D eigenvalue weighted by molar-refractivity contribution is 5.81. The fourth-order valence-electron chi connectivity index (χ4n) is 2.99. The molecule has 4 nitrogen and oxygen atoms in total. The largest absolute Gasteiger partial charge is 0.491 e. The van der Waals surface area contributed by atoms with E-state index in [1.165, 1.54) is 0 Å². The van der Waals surface area contributed by atoms with E-state index >= 15 is 0 Å². The van der Waals surface area contributed by atoms with Crippen molar-refractivity contribution in [3.05, 3.63) is 59.2 Å². The Morgan fingerprint density at radius 1 is 1.04 bits per heavy atom. The molecule has 1 amide bonds. The SMILES string of the molecule is CC[C@@H](Oc1cccc(C)c1C)C(=O)NCCOc1ccccc1C(C)(C)C. The molecule has 0 fully saturated rings. The van der Waals surface area contributed by atoms with Gasteiger partial charge in [0.2, 0.25) is 0 Å². The van der Waals surface area contributed by atoms with Gasteiger partial charge in [0.1, 0.15) is 18.1 Å². The summed E-state index contributed by atoms with van der Waals surface area (Å²) in [6.07, 6.45) is 0.0924. The maximum Gasteiger partial charge on any atom is 0.261 e. The molecule has 0 unspecified atom stereocenters. The molecule has 1 N–H and O–H groups in total. The van der Waals surface area contributed by atoms with E-state index in [2.05, 4.69) is 32.2 Å². The summed E-state index contributed by atoms with van der Waals surface area (Å²) in [5.74, 6) is 1.51. The molecule has 0 saturated carbocycles. The van der Waals surface area contributed by atoms with Crippen molar-refractivity contribution in [2.75, 3.05) is 13.2 Å². The van der Waals surface area contributed by atoms with Gasteiger partial charge < -0.3 is 14.8 Å². The molecule has 2 rings (SSSR count). The summed E-state index contributed by atoms with van der Waals surface area (Å²) >= 11 is 0. The topological polar surface area (TPSA) is 47.6 Å². The van der Waals surface area contributed by atoms with Crippen LogP contribution in [-0.4, -0.2) is 25.2 Å². The third-order valence-corrected chi connectivity index (χ3v) is 4.84. The number of aryl methyl sites for hydroxylation is 1. The normalized spacial score (nSPS) is 12.4. The number of para-hydroxylation sites is 1. The van der Waals surface area contributed by atoms with E-state index < -0.39 is 6.10 Å². The number of hydrogen-bond donors (Lipinski definition) is 1. The summed E-state index contributed by atoms with van der Waals surface area (Å²) in [4.78, 5) is 12.5. The van der Waals surface area contributed by atoms with Crippen molar-refractivity contribution < 1.29 is 14.3 Å². The van der Waals surface area contributed by atoms with Crippen molar-refractivity contribution >= 4 is 5.91 Å². The number of carbonyl (C=O) groups is 1. The van der Waals surface area contributed by atoms with E-state index in [0.717, 1.165) is 28.2 Å². The Kier molecular flexibility index (Phi) is 7.50. The summed E-state index contributed by atoms with van der Waals surface area (Å²) in [6, 6.07) is 13.9. The molecule has 0 aromatic heterocycles. The predicted octanol–water partition coefficient (Wildman–Crippen LogP) is 4.95. The number of rotatable bonds is 8. The van der Waals surface area contributed by atoms with Crippen LogP contribution in [-0.2, 0) is 10.2 Å². The minimum Gasteiger partial charge on any atom is -0.491 e. The lowest BCUT2D eigenvalue weighted by Gasteiger charge is -2.23. The molecule has 0 aliphatic heterocycles. The van der Waals surface area contributed by atoms with E-state index in [4.69, 9.17) is 9.47 Å². The Morgan fingerprint density at radius 2 is 1.71 bits per heavy atom. The van der Waals surface area contributed by atoms with Crippen molar-refractivity contribution in [2.45, 2.75) is 59.5 Å². The fourth-order valence-corrected chi connectivity index (χ4v) is 2.99. The zero-order valence-corrected chi connectivity index (χ0v) is 18.0. The van der Waals surface area contributed by atoms with Gasteiger partial charge in [-0.3, -0.25) is 4.79 Å². The van der Waals surface area contributed by atoms with E-state index in [1.54, 1.807) is 0 Å². The smallest absolute Gasteiger partial charge is 0.261 e. The number of nitrogens with one attached hydrogen (secondary N) is 1. The molecule has 152 valence electrons. The van der Waals surface area contributed by atoms with Crippen LogP contribution in [0.5, 0.6) is 11.5 Å². The Balaban J connectivity index is 1.89. The van der Waals surface area contributed by atoms with Gasteiger partial charge in [-0.25, -0.2) is 0 Å². The zero-order valence-electron chi connectivity index (χ0n) is 18.0. The summed E-state index contributed by atoms with van der Waals surface area (Å²) in [5.41, 5.74) is 3.38. The second-order valence-electron chi connectivity index (χ2n) is 8.10. The average molecular weight is 384 g/mol. The second kappa shape index (κ2) is 9.63. The van der Waals surface area contributed by atoms with Crippen LogP contribution >= 0.6 is 0 Å². The van der Waals surface area contributed by atoms with Crippen LogP contribution in [0, 0.1) is 13.8 Å². The molecule has 0 saturated heterocycles. The summed E-state index contributed by atoms with van der Waals surface area (Å²) in [7, 11) is 0. The van der Waals surface area contributed by atoms with E-state index in [9.17, 15) is 4.79 Å². The van der Waals surface area contributed by atoms with Crippen LogP contribution in [0.4, 0.5) is 0 Å². The highest BCUT2D eigenvalue weighted by atomic mass is 16.5. The van der Waals surface area contributed by atoms with Gasteiger partial charge in [0, 0.05) is 0 Å². The van der Waals surface area contributed by atoms with E-state index in [1.807, 2.05) is 57.2 Å². The van der Waals surface area contributed by atoms with Gasteiger partial charge in [0.25, 0.3) is 5.91 Å². The zero-order chi connectivity index (χ0) is 20.7. The van der Waals surface area contributed by atoms with Crippen LogP contribution in [0.3, 0.4) is 0 Å². The molecule has 0 bridgehead atoms. The molecule has 2 aromatic rings. The lowest BCUT2D eigenvalue weighted by atomic mass is 9.86. The molecule has 28 heavy (non-hydrogen) atoms. The third-order valence-electron chi connectivity index (χ3n) is 4.84. The average Bonchev–Trinajstić information content (AvgIpc) is 2.65. The Hall–Kier alpha value is -2.49. The number of carbonyl (C=O) groups excluding carboxylic acids is 1. The van der Waals surface area contributed by atoms with E-state index in [-0.39, 0.29) is 11.3 Å². The van der Waals surface area contributed by atoms with Crippen LogP contribution in [0.25, 0.3) is 0 Å². The first-order chi connectivity index (χ1) is 13.2. The molecule has 0 aliphatic rings. The Bertz CT molecular complexity index is 793. The van der Waals surface area contributed by atoms with Crippen molar-refractivity contribution in [3.63, 3.8) is 0 Å². The van der Waals surface area contributed by atoms with Gasteiger partial charge in [-0.15, -0.1) is 0 Å². The van der Waals surface area contributed by atoms with Crippen LogP contribution in [0.15, 0.2) is 42.5 Å². The predicted molar refractivity (Wildman–Crippen MR) is 114 cm³/mol. The molecule has 0 aliphatic carbocycles. The first-order valence-electron chi connectivity index (χ1n) is 9.97. The molecule has 0 spiro atoms.